The van der Waals surface area contributed by atoms with E-state index < -0.39 is 0 Å². The lowest BCUT2D eigenvalue weighted by atomic mass is 10.1. The molecule has 0 aliphatic heterocycles. The van der Waals surface area contributed by atoms with E-state index in [2.05, 4.69) is 46.1 Å². The van der Waals surface area contributed by atoms with Gasteiger partial charge in [-0.1, -0.05) is 42.0 Å². The smallest absolute Gasteiger partial charge is 0.220 e. The van der Waals surface area contributed by atoms with Gasteiger partial charge >= 0.3 is 0 Å². The van der Waals surface area contributed by atoms with Gasteiger partial charge in [0.1, 0.15) is 0 Å². The van der Waals surface area contributed by atoms with Crippen molar-refractivity contribution >= 4 is 16.9 Å². The Labute approximate surface area is 142 Å². The van der Waals surface area contributed by atoms with Crippen LogP contribution in [0.2, 0.25) is 0 Å². The van der Waals surface area contributed by atoms with Crippen LogP contribution in [0.3, 0.4) is 0 Å². The lowest BCUT2D eigenvalue weighted by Gasteiger charge is -2.07. The zero-order chi connectivity index (χ0) is 16.8. The fourth-order valence-corrected chi connectivity index (χ4v) is 2.88. The maximum absolute atomic E-state index is 11.9. The molecule has 24 heavy (non-hydrogen) atoms. The summed E-state index contributed by atoms with van der Waals surface area (Å²) in [5.74, 6) is 0.118. The van der Waals surface area contributed by atoms with E-state index >= 15 is 0 Å². The Morgan fingerprint density at radius 2 is 2.04 bits per heavy atom. The number of carbonyl (C=O) groups excluding carboxylic acids is 1. The molecule has 0 bridgehead atoms. The summed E-state index contributed by atoms with van der Waals surface area (Å²) in [6.45, 7) is 3.63. The van der Waals surface area contributed by atoms with Crippen molar-refractivity contribution in [2.24, 2.45) is 0 Å². The van der Waals surface area contributed by atoms with E-state index in [0.29, 0.717) is 13.0 Å². The molecule has 0 fully saturated rings. The first-order valence-electron chi connectivity index (χ1n) is 8.44. The zero-order valence-corrected chi connectivity index (χ0v) is 14.0. The molecule has 2 aromatic carbocycles. The summed E-state index contributed by atoms with van der Waals surface area (Å²) in [5, 5.41) is 3.01. The number of para-hydroxylation sites is 2. The van der Waals surface area contributed by atoms with Gasteiger partial charge in [0.2, 0.25) is 5.91 Å². The van der Waals surface area contributed by atoms with Gasteiger partial charge in [-0.25, -0.2) is 4.98 Å². The SMILES string of the molecule is Cc1cccc(CCC(=O)NCCCn2cnc3ccccc32)c1. The van der Waals surface area contributed by atoms with Crippen LogP contribution < -0.4 is 5.32 Å². The molecule has 0 unspecified atom stereocenters. The van der Waals surface area contributed by atoms with Crippen molar-refractivity contribution in [1.82, 2.24) is 14.9 Å². The molecule has 0 radical (unpaired) electrons. The number of nitrogens with zero attached hydrogens (tertiary/aromatic N) is 2. The molecule has 4 heteroatoms. The van der Waals surface area contributed by atoms with Gasteiger partial charge < -0.3 is 9.88 Å². The van der Waals surface area contributed by atoms with Crippen LogP contribution in [-0.4, -0.2) is 22.0 Å². The van der Waals surface area contributed by atoms with Crippen molar-refractivity contribution in [3.63, 3.8) is 0 Å². The molecular weight excluding hydrogens is 298 g/mol. The molecule has 1 N–H and O–H groups in total. The van der Waals surface area contributed by atoms with E-state index in [0.717, 1.165) is 30.4 Å². The highest BCUT2D eigenvalue weighted by Crippen LogP contribution is 2.12. The van der Waals surface area contributed by atoms with Crippen LogP contribution >= 0.6 is 0 Å². The highest BCUT2D eigenvalue weighted by molar-refractivity contribution is 5.76. The number of hydrogen-bond acceptors (Lipinski definition) is 2. The third-order valence-corrected chi connectivity index (χ3v) is 4.15. The number of fused-ring (bicyclic) bond motifs is 1. The monoisotopic (exact) mass is 321 g/mol. The summed E-state index contributed by atoms with van der Waals surface area (Å²) < 4.78 is 2.13. The van der Waals surface area contributed by atoms with Crippen molar-refractivity contribution in [3.8, 4) is 0 Å². The quantitative estimate of drug-likeness (QED) is 0.677. The first-order chi connectivity index (χ1) is 11.7. The number of imidazole rings is 1. The van der Waals surface area contributed by atoms with E-state index in [1.165, 1.54) is 11.1 Å². The Morgan fingerprint density at radius 1 is 1.17 bits per heavy atom. The Bertz CT molecular complexity index is 822. The van der Waals surface area contributed by atoms with Crippen LogP contribution in [0.4, 0.5) is 0 Å². The Hall–Kier alpha value is -2.62. The Balaban J connectivity index is 1.39. The van der Waals surface area contributed by atoms with Gasteiger partial charge in [0.05, 0.1) is 17.4 Å². The van der Waals surface area contributed by atoms with Crippen LogP contribution in [0.15, 0.2) is 54.9 Å². The van der Waals surface area contributed by atoms with Crippen LogP contribution in [0, 0.1) is 6.92 Å². The standard InChI is InChI=1S/C20H23N3O/c1-16-6-4-7-17(14-16)10-11-20(24)21-12-5-13-23-15-22-18-8-2-3-9-19(18)23/h2-4,6-9,14-15H,5,10-13H2,1H3,(H,21,24). The molecule has 0 saturated heterocycles. The lowest BCUT2D eigenvalue weighted by molar-refractivity contribution is -0.121. The Morgan fingerprint density at radius 3 is 2.92 bits per heavy atom. The highest BCUT2D eigenvalue weighted by atomic mass is 16.1. The van der Waals surface area contributed by atoms with Gasteiger partial charge in [-0.05, 0) is 37.5 Å². The van der Waals surface area contributed by atoms with Crippen molar-refractivity contribution in [1.29, 1.82) is 0 Å². The second-order valence-corrected chi connectivity index (χ2v) is 6.12. The number of benzene rings is 2. The molecule has 0 spiro atoms. The molecule has 3 aromatic rings. The third kappa shape index (κ3) is 4.22. The summed E-state index contributed by atoms with van der Waals surface area (Å²) >= 11 is 0. The maximum Gasteiger partial charge on any atom is 0.220 e. The molecule has 1 amide bonds. The summed E-state index contributed by atoms with van der Waals surface area (Å²) in [4.78, 5) is 16.3. The third-order valence-electron chi connectivity index (χ3n) is 4.15. The number of amides is 1. The normalized spacial score (nSPS) is 10.9. The van der Waals surface area contributed by atoms with Crippen LogP contribution in [0.1, 0.15) is 24.0 Å². The lowest BCUT2D eigenvalue weighted by Crippen LogP contribution is -2.25. The number of aryl methyl sites for hydroxylation is 3. The summed E-state index contributed by atoms with van der Waals surface area (Å²) in [5.41, 5.74) is 4.61. The van der Waals surface area contributed by atoms with Gasteiger partial charge in [0, 0.05) is 19.5 Å². The number of hydrogen-bond donors (Lipinski definition) is 1. The van der Waals surface area contributed by atoms with E-state index in [4.69, 9.17) is 0 Å². The van der Waals surface area contributed by atoms with Gasteiger partial charge in [-0.2, -0.15) is 0 Å². The van der Waals surface area contributed by atoms with E-state index in [9.17, 15) is 4.79 Å². The molecule has 4 nitrogen and oxygen atoms in total. The van der Waals surface area contributed by atoms with Crippen molar-refractivity contribution in [3.05, 3.63) is 66.0 Å². The molecule has 1 heterocycles. The van der Waals surface area contributed by atoms with Gasteiger partial charge in [0.15, 0.2) is 0 Å². The first kappa shape index (κ1) is 16.2. The largest absolute Gasteiger partial charge is 0.356 e. The predicted octanol–water partition coefficient (Wildman–Crippen LogP) is 3.48. The average Bonchev–Trinajstić information content (AvgIpc) is 3.00. The van der Waals surface area contributed by atoms with Gasteiger partial charge in [0.25, 0.3) is 0 Å². The summed E-state index contributed by atoms with van der Waals surface area (Å²) in [6.07, 6.45) is 4.10. The topological polar surface area (TPSA) is 46.9 Å². The minimum atomic E-state index is 0.118. The second kappa shape index (κ2) is 7.77. The number of carbonyl (C=O) groups is 1. The number of aromatic nitrogens is 2. The molecular formula is C20H23N3O. The molecule has 0 aliphatic carbocycles. The molecule has 1 aromatic heterocycles. The van der Waals surface area contributed by atoms with E-state index in [-0.39, 0.29) is 5.91 Å². The van der Waals surface area contributed by atoms with Crippen molar-refractivity contribution < 1.29 is 4.79 Å². The van der Waals surface area contributed by atoms with Gasteiger partial charge in [-0.15, -0.1) is 0 Å². The molecule has 0 atom stereocenters. The summed E-state index contributed by atoms with van der Waals surface area (Å²) in [7, 11) is 0. The van der Waals surface area contributed by atoms with Gasteiger partial charge in [-0.3, -0.25) is 4.79 Å². The van der Waals surface area contributed by atoms with Crippen molar-refractivity contribution in [2.75, 3.05) is 6.54 Å². The molecule has 3 rings (SSSR count). The fourth-order valence-electron chi connectivity index (χ4n) is 2.88. The van der Waals surface area contributed by atoms with Crippen LogP contribution in [0.25, 0.3) is 11.0 Å². The minimum absolute atomic E-state index is 0.118. The highest BCUT2D eigenvalue weighted by Gasteiger charge is 2.04. The van der Waals surface area contributed by atoms with E-state index in [1.54, 1.807) is 0 Å². The van der Waals surface area contributed by atoms with Crippen LogP contribution in [0.5, 0.6) is 0 Å². The minimum Gasteiger partial charge on any atom is -0.356 e. The first-order valence-corrected chi connectivity index (χ1v) is 8.44. The molecule has 124 valence electrons. The van der Waals surface area contributed by atoms with Crippen LogP contribution in [-0.2, 0) is 17.8 Å². The Kier molecular flexibility index (Phi) is 5.26. The fraction of sp³-hybridized carbons (Fsp3) is 0.300. The zero-order valence-electron chi connectivity index (χ0n) is 14.0. The number of nitrogens with one attached hydrogen (secondary N) is 1. The molecule has 0 aliphatic rings. The second-order valence-electron chi connectivity index (χ2n) is 6.12. The molecule has 0 saturated carbocycles. The predicted molar refractivity (Wildman–Crippen MR) is 96.9 cm³/mol. The van der Waals surface area contributed by atoms with Crippen molar-refractivity contribution in [2.45, 2.75) is 32.7 Å². The number of rotatable bonds is 7. The average molecular weight is 321 g/mol. The maximum atomic E-state index is 11.9. The summed E-state index contributed by atoms with van der Waals surface area (Å²) in [6, 6.07) is 16.4. The van der Waals surface area contributed by atoms with E-state index in [1.807, 2.05) is 30.6 Å².